The van der Waals surface area contributed by atoms with Crippen LogP contribution in [-0.2, 0) is 0 Å². The number of nitrogens with one attached hydrogen (secondary N) is 2. The molecule has 2 N–H and O–H groups in total. The number of hydrogen-bond acceptors (Lipinski definition) is 3. The molecule has 0 saturated heterocycles. The van der Waals surface area contributed by atoms with Crippen LogP contribution in [0.15, 0.2) is 12.7 Å². The summed E-state index contributed by atoms with van der Waals surface area (Å²) in [6, 6.07) is 1.89. The number of nitriles is 1. The van der Waals surface area contributed by atoms with Crippen molar-refractivity contribution >= 4 is 0 Å². The normalized spacial score (nSPS) is 12.1. The SMILES string of the molecule is C=CCNC(C#N)c1c(C)n[nH]c1C. The summed E-state index contributed by atoms with van der Waals surface area (Å²) >= 11 is 0. The van der Waals surface area contributed by atoms with Crippen LogP contribution in [0.2, 0.25) is 0 Å². The van der Waals surface area contributed by atoms with Crippen LogP contribution in [-0.4, -0.2) is 16.7 Å². The molecule has 74 valence electrons. The highest BCUT2D eigenvalue weighted by atomic mass is 15.1. The largest absolute Gasteiger partial charge is 0.295 e. The molecule has 0 aromatic carbocycles. The number of aromatic nitrogens is 2. The summed E-state index contributed by atoms with van der Waals surface area (Å²) in [7, 11) is 0. The Labute approximate surface area is 83.6 Å². The number of H-pyrrole nitrogens is 1. The van der Waals surface area contributed by atoms with E-state index in [0.29, 0.717) is 6.54 Å². The molecule has 0 saturated carbocycles. The number of aromatic amines is 1. The summed E-state index contributed by atoms with van der Waals surface area (Å²) in [5, 5.41) is 19.0. The van der Waals surface area contributed by atoms with Crippen LogP contribution in [0.5, 0.6) is 0 Å². The lowest BCUT2D eigenvalue weighted by molar-refractivity contribution is 0.676. The van der Waals surface area contributed by atoms with Crippen LogP contribution in [0, 0.1) is 25.2 Å². The Balaban J connectivity index is 2.89. The zero-order valence-corrected chi connectivity index (χ0v) is 8.46. The summed E-state index contributed by atoms with van der Waals surface area (Å²) in [5.41, 5.74) is 2.74. The lowest BCUT2D eigenvalue weighted by atomic mass is 10.1. The average Bonchev–Trinajstić information content (AvgIpc) is 2.50. The quantitative estimate of drug-likeness (QED) is 0.705. The second kappa shape index (κ2) is 4.58. The minimum atomic E-state index is -0.313. The van der Waals surface area contributed by atoms with Crippen molar-refractivity contribution in [3.8, 4) is 6.07 Å². The fraction of sp³-hybridized carbons (Fsp3) is 0.400. The van der Waals surface area contributed by atoms with E-state index in [-0.39, 0.29) is 6.04 Å². The zero-order valence-electron chi connectivity index (χ0n) is 8.46. The molecule has 14 heavy (non-hydrogen) atoms. The predicted molar refractivity (Wildman–Crippen MR) is 54.6 cm³/mol. The maximum absolute atomic E-state index is 8.98. The molecular weight excluding hydrogens is 176 g/mol. The maximum Gasteiger partial charge on any atom is 0.125 e. The van der Waals surface area contributed by atoms with E-state index in [4.69, 9.17) is 5.26 Å². The van der Waals surface area contributed by atoms with Gasteiger partial charge < -0.3 is 0 Å². The molecule has 1 unspecified atom stereocenters. The third-order valence-corrected chi connectivity index (χ3v) is 2.07. The van der Waals surface area contributed by atoms with Crippen LogP contribution < -0.4 is 5.32 Å². The van der Waals surface area contributed by atoms with Crippen molar-refractivity contribution in [3.05, 3.63) is 29.6 Å². The lowest BCUT2D eigenvalue weighted by Gasteiger charge is -2.09. The van der Waals surface area contributed by atoms with Crippen LogP contribution >= 0.6 is 0 Å². The van der Waals surface area contributed by atoms with Gasteiger partial charge in [-0.3, -0.25) is 10.4 Å². The topological polar surface area (TPSA) is 64.5 Å². The Hall–Kier alpha value is -1.60. The van der Waals surface area contributed by atoms with Crippen molar-refractivity contribution in [3.63, 3.8) is 0 Å². The second-order valence-electron chi connectivity index (χ2n) is 3.11. The average molecular weight is 190 g/mol. The summed E-state index contributed by atoms with van der Waals surface area (Å²) < 4.78 is 0. The van der Waals surface area contributed by atoms with E-state index in [9.17, 15) is 0 Å². The van der Waals surface area contributed by atoms with Crippen molar-refractivity contribution in [2.24, 2.45) is 0 Å². The molecule has 1 rings (SSSR count). The van der Waals surface area contributed by atoms with Gasteiger partial charge in [-0.1, -0.05) is 6.08 Å². The summed E-state index contributed by atoms with van der Waals surface area (Å²) in [6.07, 6.45) is 1.73. The van der Waals surface area contributed by atoms with Gasteiger partial charge in [-0.2, -0.15) is 10.4 Å². The fourth-order valence-electron chi connectivity index (χ4n) is 1.40. The van der Waals surface area contributed by atoms with Gasteiger partial charge in [0.25, 0.3) is 0 Å². The van der Waals surface area contributed by atoms with Crippen LogP contribution in [0.4, 0.5) is 0 Å². The molecule has 1 aromatic heterocycles. The van der Waals surface area contributed by atoms with Crippen LogP contribution in [0.3, 0.4) is 0 Å². The highest BCUT2D eigenvalue weighted by molar-refractivity contribution is 5.31. The molecule has 0 aliphatic rings. The molecule has 1 heterocycles. The second-order valence-corrected chi connectivity index (χ2v) is 3.11. The third kappa shape index (κ3) is 2.01. The van der Waals surface area contributed by atoms with E-state index in [1.807, 2.05) is 13.8 Å². The molecule has 4 heteroatoms. The first-order valence-corrected chi connectivity index (χ1v) is 4.46. The van der Waals surface area contributed by atoms with Gasteiger partial charge in [0.1, 0.15) is 6.04 Å². The summed E-state index contributed by atoms with van der Waals surface area (Å²) in [5.74, 6) is 0. The molecule has 0 bridgehead atoms. The van der Waals surface area contributed by atoms with E-state index in [1.165, 1.54) is 0 Å². The van der Waals surface area contributed by atoms with E-state index >= 15 is 0 Å². The first-order chi connectivity index (χ1) is 6.70. The Bertz CT molecular complexity index is 339. The van der Waals surface area contributed by atoms with Gasteiger partial charge in [-0.25, -0.2) is 0 Å². The summed E-state index contributed by atoms with van der Waals surface area (Å²) in [6.45, 7) is 8.01. The number of nitrogens with zero attached hydrogens (tertiary/aromatic N) is 2. The van der Waals surface area contributed by atoms with E-state index in [2.05, 4.69) is 28.2 Å². The van der Waals surface area contributed by atoms with Crippen LogP contribution in [0.25, 0.3) is 0 Å². The van der Waals surface area contributed by atoms with Crippen molar-refractivity contribution < 1.29 is 0 Å². The molecule has 0 radical (unpaired) electrons. The van der Waals surface area contributed by atoms with Gasteiger partial charge in [0.15, 0.2) is 0 Å². The monoisotopic (exact) mass is 190 g/mol. The molecule has 0 spiro atoms. The van der Waals surface area contributed by atoms with Crippen molar-refractivity contribution in [2.45, 2.75) is 19.9 Å². The molecule has 0 fully saturated rings. The summed E-state index contributed by atoms with van der Waals surface area (Å²) in [4.78, 5) is 0. The Kier molecular flexibility index (Phi) is 3.43. The fourth-order valence-corrected chi connectivity index (χ4v) is 1.40. The highest BCUT2D eigenvalue weighted by Crippen LogP contribution is 2.18. The molecule has 0 aliphatic heterocycles. The van der Waals surface area contributed by atoms with Gasteiger partial charge in [0.05, 0.1) is 11.8 Å². The lowest BCUT2D eigenvalue weighted by Crippen LogP contribution is -2.20. The standard InChI is InChI=1S/C10H14N4/c1-4-5-12-9(6-11)10-7(2)13-14-8(10)3/h4,9,12H,1,5H2,2-3H3,(H,13,14). The molecule has 4 nitrogen and oxygen atoms in total. The van der Waals surface area contributed by atoms with Crippen molar-refractivity contribution in [1.29, 1.82) is 5.26 Å². The van der Waals surface area contributed by atoms with Gasteiger partial charge in [-0.05, 0) is 13.8 Å². The molecule has 0 aliphatic carbocycles. The van der Waals surface area contributed by atoms with Gasteiger partial charge in [-0.15, -0.1) is 6.58 Å². The smallest absolute Gasteiger partial charge is 0.125 e. The number of hydrogen-bond donors (Lipinski definition) is 2. The number of rotatable bonds is 4. The van der Waals surface area contributed by atoms with Gasteiger partial charge in [0.2, 0.25) is 0 Å². The Morgan fingerprint density at radius 2 is 2.43 bits per heavy atom. The van der Waals surface area contributed by atoms with E-state index in [1.54, 1.807) is 6.08 Å². The highest BCUT2D eigenvalue weighted by Gasteiger charge is 2.16. The first kappa shape index (κ1) is 10.5. The molecule has 1 aromatic rings. The maximum atomic E-state index is 8.98. The van der Waals surface area contributed by atoms with E-state index < -0.39 is 0 Å². The molecular formula is C10H14N4. The molecule has 1 atom stereocenters. The first-order valence-electron chi connectivity index (χ1n) is 4.46. The predicted octanol–water partition coefficient (Wildman–Crippen LogP) is 1.37. The van der Waals surface area contributed by atoms with Crippen LogP contribution in [0.1, 0.15) is 23.0 Å². The van der Waals surface area contributed by atoms with E-state index in [0.717, 1.165) is 17.0 Å². The Morgan fingerprint density at radius 1 is 1.71 bits per heavy atom. The minimum absolute atomic E-state index is 0.313. The number of aryl methyl sites for hydroxylation is 2. The van der Waals surface area contributed by atoms with Gasteiger partial charge >= 0.3 is 0 Å². The van der Waals surface area contributed by atoms with Crippen molar-refractivity contribution in [1.82, 2.24) is 15.5 Å². The zero-order chi connectivity index (χ0) is 10.6. The Morgan fingerprint density at radius 3 is 2.86 bits per heavy atom. The molecule has 0 amide bonds. The minimum Gasteiger partial charge on any atom is -0.295 e. The van der Waals surface area contributed by atoms with Gasteiger partial charge in [0, 0.05) is 17.8 Å². The third-order valence-electron chi connectivity index (χ3n) is 2.07. The van der Waals surface area contributed by atoms with Crippen molar-refractivity contribution in [2.75, 3.05) is 6.54 Å².